The second-order valence-corrected chi connectivity index (χ2v) is 8.99. The molecule has 0 spiro atoms. The summed E-state index contributed by atoms with van der Waals surface area (Å²) in [6, 6.07) is 10.5. The number of rotatable bonds is 7. The van der Waals surface area contributed by atoms with Crippen molar-refractivity contribution in [2.45, 2.75) is 12.6 Å². The molecule has 0 atom stereocenters. The van der Waals surface area contributed by atoms with E-state index >= 15 is 0 Å². The van der Waals surface area contributed by atoms with E-state index in [0.717, 1.165) is 12.1 Å². The first kappa shape index (κ1) is 22.4. The zero-order valence-corrected chi connectivity index (χ0v) is 16.9. The van der Waals surface area contributed by atoms with Crippen LogP contribution in [0.1, 0.15) is 12.0 Å². The Kier molecular flexibility index (Phi) is 6.87. The van der Waals surface area contributed by atoms with Gasteiger partial charge < -0.3 is 9.64 Å². The summed E-state index contributed by atoms with van der Waals surface area (Å²) in [5, 5.41) is 0. The molecule has 0 bridgehead atoms. The lowest BCUT2D eigenvalue weighted by Crippen LogP contribution is -2.49. The highest BCUT2D eigenvalue weighted by molar-refractivity contribution is 7.89. The molecule has 1 saturated heterocycles. The van der Waals surface area contributed by atoms with Gasteiger partial charge >= 0.3 is 6.18 Å². The van der Waals surface area contributed by atoms with Gasteiger partial charge in [-0.3, -0.25) is 0 Å². The number of nitrogens with zero attached hydrogens (tertiary/aromatic N) is 2. The van der Waals surface area contributed by atoms with Crippen molar-refractivity contribution in [3.05, 3.63) is 59.9 Å². The molecule has 2 aromatic rings. The lowest BCUT2D eigenvalue weighted by molar-refractivity contribution is -0.137. The van der Waals surface area contributed by atoms with Crippen LogP contribution in [-0.4, -0.2) is 51.3 Å². The molecule has 3 rings (SSSR count). The zero-order valence-electron chi connectivity index (χ0n) is 16.1. The second kappa shape index (κ2) is 9.22. The van der Waals surface area contributed by atoms with E-state index < -0.39 is 21.8 Å². The van der Waals surface area contributed by atoms with Crippen LogP contribution >= 0.6 is 0 Å². The molecule has 164 valence electrons. The lowest BCUT2D eigenvalue weighted by atomic mass is 10.1. The first-order valence-electron chi connectivity index (χ1n) is 9.43. The van der Waals surface area contributed by atoms with Gasteiger partial charge in [-0.1, -0.05) is 6.07 Å². The largest absolute Gasteiger partial charge is 0.494 e. The predicted octanol–water partition coefficient (Wildman–Crippen LogP) is 3.77. The fourth-order valence-corrected chi connectivity index (χ4v) is 4.66. The van der Waals surface area contributed by atoms with Gasteiger partial charge in [0.2, 0.25) is 10.0 Å². The molecule has 0 radical (unpaired) electrons. The third-order valence-corrected chi connectivity index (χ3v) is 6.76. The molecule has 30 heavy (non-hydrogen) atoms. The molecule has 10 heteroatoms. The quantitative estimate of drug-likeness (QED) is 0.480. The molecule has 0 unspecified atom stereocenters. The van der Waals surface area contributed by atoms with Crippen LogP contribution in [-0.2, 0) is 16.2 Å². The van der Waals surface area contributed by atoms with E-state index in [2.05, 4.69) is 0 Å². The van der Waals surface area contributed by atoms with Crippen LogP contribution in [0.25, 0.3) is 0 Å². The van der Waals surface area contributed by atoms with E-state index in [1.54, 1.807) is 11.0 Å². The lowest BCUT2D eigenvalue weighted by Gasteiger charge is -2.35. The van der Waals surface area contributed by atoms with E-state index in [9.17, 15) is 26.0 Å². The van der Waals surface area contributed by atoms with E-state index in [4.69, 9.17) is 4.74 Å². The predicted molar refractivity (Wildman–Crippen MR) is 106 cm³/mol. The average molecular weight is 446 g/mol. The second-order valence-electron chi connectivity index (χ2n) is 6.91. The molecule has 1 heterocycles. The number of ether oxygens (including phenoxy) is 1. The number of hydrogen-bond acceptors (Lipinski definition) is 4. The van der Waals surface area contributed by atoms with Crippen molar-refractivity contribution in [2.75, 3.05) is 43.4 Å². The maximum absolute atomic E-state index is 12.9. The Labute approximate surface area is 172 Å². The number of anilines is 1. The SMILES string of the molecule is O=S(=O)(CCCOc1ccc(F)cc1)N1CCN(c2cccc(C(F)(F)F)c2)CC1. The Bertz CT molecular complexity index is 941. The Hall–Kier alpha value is -2.33. The summed E-state index contributed by atoms with van der Waals surface area (Å²) in [4.78, 5) is 1.75. The topological polar surface area (TPSA) is 49.9 Å². The Morgan fingerprint density at radius 3 is 2.27 bits per heavy atom. The fraction of sp³-hybridized carbons (Fsp3) is 0.400. The van der Waals surface area contributed by atoms with Crippen LogP contribution in [0.5, 0.6) is 5.75 Å². The van der Waals surface area contributed by atoms with Crippen molar-refractivity contribution in [1.29, 1.82) is 0 Å². The molecule has 0 N–H and O–H groups in total. The van der Waals surface area contributed by atoms with E-state index in [-0.39, 0.29) is 37.7 Å². The Morgan fingerprint density at radius 2 is 1.63 bits per heavy atom. The van der Waals surface area contributed by atoms with Gasteiger partial charge in [0.15, 0.2) is 0 Å². The molecule has 1 aliphatic rings. The van der Waals surface area contributed by atoms with Crippen molar-refractivity contribution in [3.63, 3.8) is 0 Å². The summed E-state index contributed by atoms with van der Waals surface area (Å²) in [6.45, 7) is 1.21. The van der Waals surface area contributed by atoms with E-state index in [1.807, 2.05) is 0 Å². The monoisotopic (exact) mass is 446 g/mol. The zero-order chi connectivity index (χ0) is 21.8. The van der Waals surface area contributed by atoms with Crippen LogP contribution in [0, 0.1) is 5.82 Å². The fourth-order valence-electron chi connectivity index (χ4n) is 3.19. The third kappa shape index (κ3) is 5.85. The maximum Gasteiger partial charge on any atom is 0.416 e. The van der Waals surface area contributed by atoms with Gasteiger partial charge in [0, 0.05) is 31.9 Å². The van der Waals surface area contributed by atoms with Gasteiger partial charge in [-0.05, 0) is 48.9 Å². The molecule has 5 nitrogen and oxygen atoms in total. The van der Waals surface area contributed by atoms with Gasteiger partial charge in [0.05, 0.1) is 17.9 Å². The number of halogens is 4. The normalized spacial score (nSPS) is 15.9. The van der Waals surface area contributed by atoms with Gasteiger partial charge in [-0.2, -0.15) is 17.5 Å². The molecular formula is C20H22F4N2O3S. The number of benzene rings is 2. The van der Waals surface area contributed by atoms with Gasteiger partial charge in [-0.15, -0.1) is 0 Å². The molecule has 0 aromatic heterocycles. The highest BCUT2D eigenvalue weighted by Gasteiger charge is 2.32. The molecule has 1 aliphatic heterocycles. The first-order chi connectivity index (χ1) is 14.1. The van der Waals surface area contributed by atoms with Crippen molar-refractivity contribution in [1.82, 2.24) is 4.31 Å². The molecule has 0 aliphatic carbocycles. The maximum atomic E-state index is 12.9. The number of alkyl halides is 3. The summed E-state index contributed by atoms with van der Waals surface area (Å²) < 4.78 is 83.3. The summed E-state index contributed by atoms with van der Waals surface area (Å²) >= 11 is 0. The van der Waals surface area contributed by atoms with Crippen molar-refractivity contribution >= 4 is 15.7 Å². The summed E-state index contributed by atoms with van der Waals surface area (Å²) in [5.41, 5.74) is -0.300. The van der Waals surface area contributed by atoms with Crippen LogP contribution in [0.3, 0.4) is 0 Å². The van der Waals surface area contributed by atoms with Crippen LogP contribution in [0.4, 0.5) is 23.2 Å². The Morgan fingerprint density at radius 1 is 0.967 bits per heavy atom. The minimum Gasteiger partial charge on any atom is -0.494 e. The number of sulfonamides is 1. The highest BCUT2D eigenvalue weighted by atomic mass is 32.2. The summed E-state index contributed by atoms with van der Waals surface area (Å²) in [6.07, 6.45) is -4.15. The molecule has 1 fully saturated rings. The minimum atomic E-state index is -4.42. The van der Waals surface area contributed by atoms with E-state index in [1.165, 1.54) is 34.6 Å². The molecule has 0 amide bonds. The van der Waals surface area contributed by atoms with Crippen LogP contribution in [0.2, 0.25) is 0 Å². The number of hydrogen-bond donors (Lipinski definition) is 0. The first-order valence-corrected chi connectivity index (χ1v) is 11.0. The van der Waals surface area contributed by atoms with Crippen molar-refractivity contribution in [3.8, 4) is 5.75 Å². The third-order valence-electron chi connectivity index (χ3n) is 4.80. The standard InChI is InChI=1S/C20H22F4N2O3S/c21-17-5-7-19(8-6-17)29-13-2-14-30(27,28)26-11-9-25(10-12-26)18-4-1-3-16(15-18)20(22,23)24/h1,3-8,15H,2,9-14H2. The smallest absolute Gasteiger partial charge is 0.416 e. The van der Waals surface area contributed by atoms with Gasteiger partial charge in [0.1, 0.15) is 11.6 Å². The summed E-state index contributed by atoms with van der Waals surface area (Å²) in [7, 11) is -3.49. The van der Waals surface area contributed by atoms with Crippen LogP contribution < -0.4 is 9.64 Å². The van der Waals surface area contributed by atoms with Gasteiger partial charge in [-0.25, -0.2) is 12.8 Å². The molecular weight excluding hydrogens is 424 g/mol. The van der Waals surface area contributed by atoms with Crippen molar-refractivity contribution < 1.29 is 30.7 Å². The van der Waals surface area contributed by atoms with Gasteiger partial charge in [0.25, 0.3) is 0 Å². The van der Waals surface area contributed by atoms with Crippen LogP contribution in [0.15, 0.2) is 48.5 Å². The Balaban J connectivity index is 1.48. The van der Waals surface area contributed by atoms with Crippen molar-refractivity contribution in [2.24, 2.45) is 0 Å². The highest BCUT2D eigenvalue weighted by Crippen LogP contribution is 2.32. The summed E-state index contributed by atoms with van der Waals surface area (Å²) in [5.74, 6) is -0.0182. The molecule has 2 aromatic carbocycles. The van der Waals surface area contributed by atoms with E-state index in [0.29, 0.717) is 24.5 Å². The molecule has 0 saturated carbocycles. The average Bonchev–Trinajstić information content (AvgIpc) is 2.72. The minimum absolute atomic E-state index is 0.0995. The number of piperazine rings is 1.